The van der Waals surface area contributed by atoms with Crippen LogP contribution in [-0.4, -0.2) is 9.97 Å². The Bertz CT molecular complexity index is 818. The lowest BCUT2D eigenvalue weighted by molar-refractivity contribution is 0.306. The molecule has 3 rings (SSSR count). The van der Waals surface area contributed by atoms with E-state index in [2.05, 4.69) is 9.97 Å². The molecule has 1 heterocycles. The summed E-state index contributed by atoms with van der Waals surface area (Å²) >= 11 is 1.54. The standard InChI is InChI=1S/C19H18FN3OS/c1-13-10-18(21)23-19(22-13)25-12-15-4-8-17(9-5-15)24-11-14-2-6-16(20)7-3-14/h2-10H,11-12H2,1H3,(H2,21,22,23). The lowest BCUT2D eigenvalue weighted by Crippen LogP contribution is -1.97. The maximum absolute atomic E-state index is 12.9. The van der Waals surface area contributed by atoms with Crippen molar-refractivity contribution in [1.82, 2.24) is 9.97 Å². The van der Waals surface area contributed by atoms with Crippen LogP contribution in [0.2, 0.25) is 0 Å². The molecule has 0 bridgehead atoms. The summed E-state index contributed by atoms with van der Waals surface area (Å²) in [4.78, 5) is 8.57. The molecule has 0 saturated heterocycles. The Hall–Kier alpha value is -2.60. The van der Waals surface area contributed by atoms with Crippen molar-refractivity contribution >= 4 is 17.6 Å². The van der Waals surface area contributed by atoms with Crippen molar-refractivity contribution in [2.24, 2.45) is 0 Å². The average molecular weight is 355 g/mol. The van der Waals surface area contributed by atoms with Crippen LogP contribution in [0.15, 0.2) is 59.8 Å². The van der Waals surface area contributed by atoms with E-state index in [1.165, 1.54) is 12.1 Å². The highest BCUT2D eigenvalue weighted by Crippen LogP contribution is 2.22. The van der Waals surface area contributed by atoms with Gasteiger partial charge in [-0.25, -0.2) is 14.4 Å². The Morgan fingerprint density at radius 2 is 1.68 bits per heavy atom. The van der Waals surface area contributed by atoms with Crippen LogP contribution >= 0.6 is 11.8 Å². The van der Waals surface area contributed by atoms with Gasteiger partial charge in [0.1, 0.15) is 24.0 Å². The molecule has 25 heavy (non-hydrogen) atoms. The normalized spacial score (nSPS) is 10.6. The molecular weight excluding hydrogens is 337 g/mol. The first-order valence-corrected chi connectivity index (χ1v) is 8.77. The third kappa shape index (κ3) is 5.19. The highest BCUT2D eigenvalue weighted by molar-refractivity contribution is 7.98. The number of aromatic nitrogens is 2. The fourth-order valence-corrected chi connectivity index (χ4v) is 3.07. The van der Waals surface area contributed by atoms with Crippen molar-refractivity contribution in [3.8, 4) is 5.75 Å². The number of halogens is 1. The Morgan fingerprint density at radius 1 is 1.00 bits per heavy atom. The predicted molar refractivity (Wildman–Crippen MR) is 97.9 cm³/mol. The molecule has 0 atom stereocenters. The summed E-state index contributed by atoms with van der Waals surface area (Å²) in [6.45, 7) is 2.31. The van der Waals surface area contributed by atoms with Gasteiger partial charge in [0.15, 0.2) is 5.16 Å². The van der Waals surface area contributed by atoms with Gasteiger partial charge in [0, 0.05) is 17.5 Å². The van der Waals surface area contributed by atoms with E-state index in [4.69, 9.17) is 10.5 Å². The van der Waals surface area contributed by atoms with Crippen LogP contribution < -0.4 is 10.5 Å². The van der Waals surface area contributed by atoms with Gasteiger partial charge in [-0.05, 0) is 42.3 Å². The molecule has 6 heteroatoms. The van der Waals surface area contributed by atoms with Gasteiger partial charge >= 0.3 is 0 Å². The summed E-state index contributed by atoms with van der Waals surface area (Å²) in [7, 11) is 0. The lowest BCUT2D eigenvalue weighted by Gasteiger charge is -2.07. The molecule has 2 N–H and O–H groups in total. The molecule has 1 aromatic heterocycles. The summed E-state index contributed by atoms with van der Waals surface area (Å²) in [5.74, 6) is 1.76. The molecule has 0 fully saturated rings. The first-order chi connectivity index (χ1) is 12.1. The van der Waals surface area contributed by atoms with Gasteiger partial charge in [0.2, 0.25) is 0 Å². The SMILES string of the molecule is Cc1cc(N)nc(SCc2ccc(OCc3ccc(F)cc3)cc2)n1. The van der Waals surface area contributed by atoms with Gasteiger partial charge in [-0.1, -0.05) is 36.0 Å². The molecule has 0 spiro atoms. The fraction of sp³-hybridized carbons (Fsp3) is 0.158. The number of thioether (sulfide) groups is 1. The summed E-state index contributed by atoms with van der Waals surface area (Å²) in [5, 5.41) is 0.675. The van der Waals surface area contributed by atoms with Crippen LogP contribution in [0.5, 0.6) is 5.75 Å². The minimum atomic E-state index is -0.245. The summed E-state index contributed by atoms with van der Waals surface area (Å²) < 4.78 is 18.6. The van der Waals surface area contributed by atoms with E-state index >= 15 is 0 Å². The van der Waals surface area contributed by atoms with Crippen molar-refractivity contribution in [2.75, 3.05) is 5.73 Å². The zero-order valence-electron chi connectivity index (χ0n) is 13.8. The van der Waals surface area contributed by atoms with Gasteiger partial charge in [-0.15, -0.1) is 0 Å². The molecule has 0 unspecified atom stereocenters. The smallest absolute Gasteiger partial charge is 0.190 e. The Labute approximate surface area is 150 Å². The molecule has 0 aliphatic heterocycles. The van der Waals surface area contributed by atoms with Crippen LogP contribution in [0, 0.1) is 12.7 Å². The summed E-state index contributed by atoms with van der Waals surface area (Å²) in [5.41, 5.74) is 8.66. The minimum absolute atomic E-state index is 0.245. The second-order valence-corrected chi connectivity index (χ2v) is 6.51. The van der Waals surface area contributed by atoms with Gasteiger partial charge in [0.05, 0.1) is 0 Å². The monoisotopic (exact) mass is 355 g/mol. The molecule has 2 aromatic carbocycles. The Kier molecular flexibility index (Phi) is 5.50. The van der Waals surface area contributed by atoms with E-state index in [9.17, 15) is 4.39 Å². The number of rotatable bonds is 6. The first kappa shape index (κ1) is 17.2. The first-order valence-electron chi connectivity index (χ1n) is 7.78. The number of aryl methyl sites for hydroxylation is 1. The maximum atomic E-state index is 12.9. The van der Waals surface area contributed by atoms with Gasteiger partial charge in [-0.2, -0.15) is 0 Å². The number of anilines is 1. The number of nitrogen functional groups attached to an aromatic ring is 1. The van der Waals surface area contributed by atoms with Crippen molar-refractivity contribution in [2.45, 2.75) is 24.4 Å². The Morgan fingerprint density at radius 3 is 2.36 bits per heavy atom. The van der Waals surface area contributed by atoms with E-state index in [1.54, 1.807) is 30.0 Å². The predicted octanol–water partition coefficient (Wildman–Crippen LogP) is 4.38. The summed E-state index contributed by atoms with van der Waals surface area (Å²) in [6.07, 6.45) is 0. The van der Waals surface area contributed by atoms with Crippen molar-refractivity contribution in [1.29, 1.82) is 0 Å². The van der Waals surface area contributed by atoms with Crippen LogP contribution in [0.3, 0.4) is 0 Å². The maximum Gasteiger partial charge on any atom is 0.190 e. The molecule has 128 valence electrons. The molecule has 0 radical (unpaired) electrons. The molecule has 3 aromatic rings. The number of nitrogens with zero attached hydrogens (tertiary/aromatic N) is 2. The second-order valence-electron chi connectivity index (χ2n) is 5.56. The second kappa shape index (κ2) is 7.98. The number of hydrogen-bond donors (Lipinski definition) is 1. The van der Waals surface area contributed by atoms with E-state index in [0.717, 1.165) is 28.3 Å². The van der Waals surface area contributed by atoms with Gasteiger partial charge in [0.25, 0.3) is 0 Å². The molecule has 0 amide bonds. The van der Waals surface area contributed by atoms with Crippen LogP contribution in [0.1, 0.15) is 16.8 Å². The zero-order chi connectivity index (χ0) is 17.6. The van der Waals surface area contributed by atoms with Crippen LogP contribution in [0.4, 0.5) is 10.2 Å². The van der Waals surface area contributed by atoms with E-state index in [0.29, 0.717) is 17.6 Å². The summed E-state index contributed by atoms with van der Waals surface area (Å²) in [6, 6.07) is 15.9. The van der Waals surface area contributed by atoms with E-state index in [-0.39, 0.29) is 5.82 Å². The van der Waals surface area contributed by atoms with Crippen molar-refractivity contribution in [3.05, 3.63) is 77.2 Å². The minimum Gasteiger partial charge on any atom is -0.489 e. The molecule has 0 aliphatic rings. The molecule has 4 nitrogen and oxygen atoms in total. The lowest BCUT2D eigenvalue weighted by atomic mass is 10.2. The highest BCUT2D eigenvalue weighted by atomic mass is 32.2. The fourth-order valence-electron chi connectivity index (χ4n) is 2.21. The third-order valence-corrected chi connectivity index (χ3v) is 4.38. The molecule has 0 aliphatic carbocycles. The van der Waals surface area contributed by atoms with Crippen LogP contribution in [0.25, 0.3) is 0 Å². The van der Waals surface area contributed by atoms with Gasteiger partial charge in [-0.3, -0.25) is 0 Å². The van der Waals surface area contributed by atoms with Crippen LogP contribution in [-0.2, 0) is 12.4 Å². The van der Waals surface area contributed by atoms with E-state index in [1.807, 2.05) is 31.2 Å². The zero-order valence-corrected chi connectivity index (χ0v) is 14.6. The largest absolute Gasteiger partial charge is 0.489 e. The number of hydrogen-bond acceptors (Lipinski definition) is 5. The molecule has 0 saturated carbocycles. The Balaban J connectivity index is 1.54. The topological polar surface area (TPSA) is 61.0 Å². The average Bonchev–Trinajstić information content (AvgIpc) is 2.60. The van der Waals surface area contributed by atoms with E-state index < -0.39 is 0 Å². The number of benzene rings is 2. The third-order valence-electron chi connectivity index (χ3n) is 3.46. The van der Waals surface area contributed by atoms with Crippen molar-refractivity contribution < 1.29 is 9.13 Å². The quantitative estimate of drug-likeness (QED) is 0.525. The van der Waals surface area contributed by atoms with Crippen molar-refractivity contribution in [3.63, 3.8) is 0 Å². The van der Waals surface area contributed by atoms with Gasteiger partial charge < -0.3 is 10.5 Å². The highest BCUT2D eigenvalue weighted by Gasteiger charge is 2.03. The number of ether oxygens (including phenoxy) is 1. The molecular formula is C19H18FN3OS. The number of nitrogens with two attached hydrogens (primary N) is 1.